The number of hydrogen-bond acceptors (Lipinski definition) is 4. The van der Waals surface area contributed by atoms with Crippen LogP contribution in [0.2, 0.25) is 0 Å². The summed E-state index contributed by atoms with van der Waals surface area (Å²) >= 11 is 0. The van der Waals surface area contributed by atoms with Crippen LogP contribution >= 0.6 is 0 Å². The monoisotopic (exact) mass is 191 g/mol. The van der Waals surface area contributed by atoms with Gasteiger partial charge in [-0.15, -0.1) is 0 Å². The second-order valence-corrected chi connectivity index (χ2v) is 3.52. The third-order valence-corrected chi connectivity index (χ3v) is 2.04. The first-order valence-electron chi connectivity index (χ1n) is 4.46. The van der Waals surface area contributed by atoms with Crippen LogP contribution in [0, 0.1) is 13.8 Å². The number of aryl methyl sites for hydroxylation is 2. The summed E-state index contributed by atoms with van der Waals surface area (Å²) in [4.78, 5) is 18.0. The summed E-state index contributed by atoms with van der Waals surface area (Å²) < 4.78 is 0. The molecule has 2 aromatic rings. The van der Waals surface area contributed by atoms with Gasteiger partial charge < -0.3 is 9.88 Å². The number of aromatic nitrogens is 4. The molecular weight excluding hydrogens is 178 g/mol. The molecule has 2 aromatic heterocycles. The van der Waals surface area contributed by atoms with Gasteiger partial charge in [-0.1, -0.05) is 0 Å². The van der Waals surface area contributed by atoms with Crippen molar-refractivity contribution < 1.29 is 0 Å². The molecule has 0 saturated heterocycles. The first-order chi connectivity index (χ1) is 6.58. The largest absolute Gasteiger partial charge is 0.347 e. The lowest BCUT2D eigenvalue weighted by molar-refractivity contribution is 0.993. The minimum Gasteiger partial charge on any atom is -0.347 e. The zero-order chi connectivity index (χ0) is 10.3. The highest BCUT2D eigenvalue weighted by Crippen LogP contribution is 2.15. The van der Waals surface area contributed by atoms with E-state index >= 15 is 0 Å². The van der Waals surface area contributed by atoms with E-state index in [-0.39, 0.29) is 0 Å². The maximum atomic E-state index is 4.36. The number of hydrogen-bond donors (Lipinski definition) is 1. The Morgan fingerprint density at radius 1 is 1.07 bits per heavy atom. The van der Waals surface area contributed by atoms with Crippen molar-refractivity contribution in [1.29, 1.82) is 0 Å². The zero-order valence-corrected chi connectivity index (χ0v) is 8.79. The Bertz CT molecular complexity index is 471. The molecule has 0 aliphatic rings. The molecule has 0 aliphatic heterocycles. The van der Waals surface area contributed by atoms with E-state index in [1.807, 2.05) is 32.8 Å². The van der Waals surface area contributed by atoms with Gasteiger partial charge in [0.15, 0.2) is 5.65 Å². The summed E-state index contributed by atoms with van der Waals surface area (Å²) in [5.74, 6) is 1.56. The molecule has 0 atom stereocenters. The molecule has 1 N–H and O–H groups in total. The minimum atomic E-state index is 0.696. The highest BCUT2D eigenvalue weighted by Gasteiger charge is 2.08. The Balaban J connectivity index is 2.71. The lowest BCUT2D eigenvalue weighted by atomic mass is 10.4. The van der Waals surface area contributed by atoms with Crippen molar-refractivity contribution in [2.24, 2.45) is 0 Å². The predicted molar refractivity (Wildman–Crippen MR) is 55.5 cm³/mol. The van der Waals surface area contributed by atoms with Crippen molar-refractivity contribution in [2.75, 3.05) is 19.0 Å². The Kier molecular flexibility index (Phi) is 1.87. The van der Waals surface area contributed by atoms with Crippen molar-refractivity contribution >= 4 is 17.1 Å². The highest BCUT2D eigenvalue weighted by atomic mass is 15.2. The van der Waals surface area contributed by atoms with E-state index in [4.69, 9.17) is 0 Å². The Labute approximate surface area is 82.2 Å². The number of fused-ring (bicyclic) bond motifs is 1. The Morgan fingerprint density at radius 2 is 1.79 bits per heavy atom. The summed E-state index contributed by atoms with van der Waals surface area (Å²) in [5.41, 5.74) is 2.59. The van der Waals surface area contributed by atoms with Gasteiger partial charge in [-0.2, -0.15) is 4.98 Å². The van der Waals surface area contributed by atoms with Gasteiger partial charge in [-0.3, -0.25) is 0 Å². The summed E-state index contributed by atoms with van der Waals surface area (Å²) in [6, 6.07) is 0. The average Bonchev–Trinajstić information content (AvgIpc) is 2.45. The first kappa shape index (κ1) is 8.93. The van der Waals surface area contributed by atoms with E-state index in [1.54, 1.807) is 0 Å². The molecule has 0 unspecified atom stereocenters. The van der Waals surface area contributed by atoms with Gasteiger partial charge in [0.1, 0.15) is 11.3 Å². The number of imidazole rings is 1. The van der Waals surface area contributed by atoms with Gasteiger partial charge in [0.2, 0.25) is 5.95 Å². The Hall–Kier alpha value is -1.65. The quantitative estimate of drug-likeness (QED) is 0.731. The fraction of sp³-hybridized carbons (Fsp3) is 0.444. The molecule has 2 heterocycles. The van der Waals surface area contributed by atoms with E-state index in [1.165, 1.54) is 0 Å². The topological polar surface area (TPSA) is 57.7 Å². The van der Waals surface area contributed by atoms with E-state index in [2.05, 4.69) is 19.9 Å². The molecule has 5 heteroatoms. The van der Waals surface area contributed by atoms with E-state index in [0.717, 1.165) is 22.7 Å². The number of rotatable bonds is 1. The van der Waals surface area contributed by atoms with Crippen LogP contribution in [-0.2, 0) is 0 Å². The van der Waals surface area contributed by atoms with Gasteiger partial charge in [-0.05, 0) is 13.8 Å². The molecule has 0 saturated carbocycles. The van der Waals surface area contributed by atoms with Crippen LogP contribution in [-0.4, -0.2) is 34.0 Å². The van der Waals surface area contributed by atoms with E-state index < -0.39 is 0 Å². The third-order valence-electron chi connectivity index (χ3n) is 2.04. The van der Waals surface area contributed by atoms with Crippen molar-refractivity contribution in [3.05, 3.63) is 11.5 Å². The molecule has 74 valence electrons. The number of aromatic amines is 1. The number of H-pyrrole nitrogens is 1. The molecule has 0 bridgehead atoms. The molecule has 0 spiro atoms. The SMILES string of the molecule is Cc1nc2nc(N(C)C)nc(C)c2[nH]1. The standard InChI is InChI=1S/C9H13N5/c1-5-7-8(12-6(2)11-7)13-9(10-5)14(3)4/h1-4H3,(H,10,11,12,13). The van der Waals surface area contributed by atoms with Crippen LogP contribution in [0.5, 0.6) is 0 Å². The van der Waals surface area contributed by atoms with Crippen LogP contribution in [0.1, 0.15) is 11.5 Å². The smallest absolute Gasteiger partial charge is 0.227 e. The fourth-order valence-corrected chi connectivity index (χ4v) is 1.34. The zero-order valence-electron chi connectivity index (χ0n) is 8.79. The normalized spacial score (nSPS) is 10.9. The first-order valence-corrected chi connectivity index (χ1v) is 4.46. The van der Waals surface area contributed by atoms with E-state index in [9.17, 15) is 0 Å². The lowest BCUT2D eigenvalue weighted by Gasteiger charge is -2.09. The van der Waals surface area contributed by atoms with E-state index in [0.29, 0.717) is 5.95 Å². The lowest BCUT2D eigenvalue weighted by Crippen LogP contribution is -2.13. The van der Waals surface area contributed by atoms with Crippen molar-refractivity contribution in [2.45, 2.75) is 13.8 Å². The molecule has 0 radical (unpaired) electrons. The number of nitrogens with one attached hydrogen (secondary N) is 1. The summed E-state index contributed by atoms with van der Waals surface area (Å²) in [6.07, 6.45) is 0. The summed E-state index contributed by atoms with van der Waals surface area (Å²) in [6.45, 7) is 3.87. The molecule has 0 amide bonds. The van der Waals surface area contributed by atoms with Gasteiger partial charge in [0.05, 0.1) is 5.69 Å². The minimum absolute atomic E-state index is 0.696. The van der Waals surface area contributed by atoms with Crippen molar-refractivity contribution in [3.63, 3.8) is 0 Å². The molecule has 0 fully saturated rings. The number of nitrogens with zero attached hydrogens (tertiary/aromatic N) is 4. The highest BCUT2D eigenvalue weighted by molar-refractivity contribution is 5.74. The molecule has 14 heavy (non-hydrogen) atoms. The second-order valence-electron chi connectivity index (χ2n) is 3.52. The van der Waals surface area contributed by atoms with Crippen LogP contribution in [0.25, 0.3) is 11.2 Å². The van der Waals surface area contributed by atoms with Crippen molar-refractivity contribution in [3.8, 4) is 0 Å². The van der Waals surface area contributed by atoms with Gasteiger partial charge >= 0.3 is 0 Å². The molecule has 0 aliphatic carbocycles. The number of anilines is 1. The maximum Gasteiger partial charge on any atom is 0.227 e. The van der Waals surface area contributed by atoms with Crippen LogP contribution < -0.4 is 4.90 Å². The van der Waals surface area contributed by atoms with Crippen molar-refractivity contribution in [1.82, 2.24) is 19.9 Å². The molecule has 5 nitrogen and oxygen atoms in total. The molecule has 2 rings (SSSR count). The van der Waals surface area contributed by atoms with Gasteiger partial charge in [0, 0.05) is 14.1 Å². The van der Waals surface area contributed by atoms with Gasteiger partial charge in [-0.25, -0.2) is 9.97 Å². The fourth-order valence-electron chi connectivity index (χ4n) is 1.34. The third kappa shape index (κ3) is 1.30. The van der Waals surface area contributed by atoms with Crippen LogP contribution in [0.4, 0.5) is 5.95 Å². The average molecular weight is 191 g/mol. The van der Waals surface area contributed by atoms with Gasteiger partial charge in [0.25, 0.3) is 0 Å². The summed E-state index contributed by atoms with van der Waals surface area (Å²) in [7, 11) is 3.83. The Morgan fingerprint density at radius 3 is 2.43 bits per heavy atom. The molecular formula is C9H13N5. The molecule has 0 aromatic carbocycles. The van der Waals surface area contributed by atoms with Crippen LogP contribution in [0.3, 0.4) is 0 Å². The second kappa shape index (κ2) is 2.94. The predicted octanol–water partition coefficient (Wildman–Crippen LogP) is 1.04. The maximum absolute atomic E-state index is 4.36. The summed E-state index contributed by atoms with van der Waals surface area (Å²) in [5, 5.41) is 0. The van der Waals surface area contributed by atoms with Crippen LogP contribution in [0.15, 0.2) is 0 Å².